The summed E-state index contributed by atoms with van der Waals surface area (Å²) in [5.74, 6) is 0. The molecule has 1 aromatic rings. The Hall–Kier alpha value is 0.590. The lowest BCUT2D eigenvalue weighted by Gasteiger charge is -1.85. The van der Waals surface area contributed by atoms with Crippen LogP contribution in [-0.4, -0.2) is 12.6 Å². The highest BCUT2D eigenvalue weighted by molar-refractivity contribution is 7.45. The number of aromatic amines is 1. The highest BCUT2D eigenvalue weighted by atomic mass is 35.5. The number of rotatable bonds is 0. The van der Waals surface area contributed by atoms with Crippen molar-refractivity contribution in [1.82, 2.24) is 12.6 Å². The van der Waals surface area contributed by atoms with E-state index in [0.717, 1.165) is 8.51 Å². The maximum Gasteiger partial charge on any atom is 0.138 e. The predicted octanol–water partition coefficient (Wildman–Crippen LogP) is 1.98. The van der Waals surface area contributed by atoms with Gasteiger partial charge in [-0.15, -0.1) is 0 Å². The van der Waals surface area contributed by atoms with Crippen LogP contribution < -0.4 is 0 Å². The lowest BCUT2D eigenvalue weighted by molar-refractivity contribution is 1.59. The molecule has 0 aliphatic carbocycles. The van der Waals surface area contributed by atoms with Crippen molar-refractivity contribution in [2.75, 3.05) is 0 Å². The molecule has 0 aromatic carbocycles. The fraction of sp³-hybridized carbons (Fsp3) is 0. The van der Waals surface area contributed by atoms with Crippen molar-refractivity contribution in [2.24, 2.45) is 0 Å². The molecule has 0 saturated heterocycles. The van der Waals surface area contributed by atoms with Gasteiger partial charge in [0.25, 0.3) is 0 Å². The molecule has 1 aromatic heterocycles. The minimum absolute atomic E-state index is 0.437. The van der Waals surface area contributed by atoms with Gasteiger partial charge in [0.15, 0.2) is 0 Å². The number of H-pyrrole nitrogens is 1. The zero-order valence-corrected chi connectivity index (χ0v) is 6.87. The van der Waals surface area contributed by atoms with E-state index in [1.165, 1.54) is 0 Å². The Balaban J connectivity index is 3.02. The van der Waals surface area contributed by atoms with Gasteiger partial charge in [-0.1, -0.05) is 0 Å². The van der Waals surface area contributed by atoms with Crippen molar-refractivity contribution in [3.05, 3.63) is 0 Å². The summed E-state index contributed by atoms with van der Waals surface area (Å²) in [5.41, 5.74) is 0. The standard InChI is InChI=1S/ClH3N3P3/c1-4-6-2-5-3-7-4/h6-7H,(H,2,3). The molecule has 1 heterocycles. The normalized spacial score (nSPS) is 12.1. The second-order valence-corrected chi connectivity index (χ2v) is 5.37. The highest BCUT2D eigenvalue weighted by Gasteiger charge is 1.70. The van der Waals surface area contributed by atoms with Gasteiger partial charge < -0.3 is 4.51 Å². The minimum Gasteiger partial charge on any atom is -0.301 e. The highest BCUT2D eigenvalue weighted by Crippen LogP contribution is 2.12. The molecule has 0 aliphatic rings. The Morgan fingerprint density at radius 3 is 3.00 bits per heavy atom. The summed E-state index contributed by atoms with van der Waals surface area (Å²) in [5, 5.41) is 0. The summed E-state index contributed by atoms with van der Waals surface area (Å²) in [7, 11) is 1.93. The number of hydrogen-bond acceptors (Lipinski definition) is 1. The third-order valence-electron chi connectivity index (χ3n) is 0.381. The summed E-state index contributed by atoms with van der Waals surface area (Å²) in [6.07, 6.45) is 0. The number of nitrogens with zero attached hydrogens (tertiary/aromatic N) is 2. The van der Waals surface area contributed by atoms with Gasteiger partial charge >= 0.3 is 0 Å². The maximum atomic E-state index is 5.51. The van der Waals surface area contributed by atoms with Gasteiger partial charge in [-0.25, -0.2) is 3.61 Å². The van der Waals surface area contributed by atoms with Crippen LogP contribution in [0.15, 0.2) is 0 Å². The van der Waals surface area contributed by atoms with E-state index < -0.39 is 0 Å². The third kappa shape index (κ3) is 1.88. The molecule has 2 unspecified atom stereocenters. The van der Waals surface area contributed by atoms with Crippen molar-refractivity contribution in [3.8, 4) is 0 Å². The molecule has 3 nitrogen and oxygen atoms in total. The summed E-state index contributed by atoms with van der Waals surface area (Å²) in [6, 6.07) is 0. The second kappa shape index (κ2) is 2.79. The van der Waals surface area contributed by atoms with Gasteiger partial charge in [0.1, 0.15) is 8.51 Å². The average molecular weight is 173 g/mol. The fourth-order valence-electron chi connectivity index (χ4n) is 0.178. The number of aromatic nitrogens is 3. The Morgan fingerprint density at radius 1 is 1.86 bits per heavy atom. The first-order chi connectivity index (χ1) is 3.39. The zero-order chi connectivity index (χ0) is 5.11. The molecule has 1 rings (SSSR count). The molecule has 0 amide bonds. The smallest absolute Gasteiger partial charge is 0.138 e. The third-order valence-corrected chi connectivity index (χ3v) is 3.43. The molecule has 1 N–H and O–H groups in total. The van der Waals surface area contributed by atoms with Crippen molar-refractivity contribution in [2.45, 2.75) is 0 Å². The Labute approximate surface area is 50.6 Å². The van der Waals surface area contributed by atoms with E-state index in [9.17, 15) is 0 Å². The van der Waals surface area contributed by atoms with E-state index in [-0.39, 0.29) is 0 Å². The molecule has 0 bridgehead atoms. The Bertz CT molecular complexity index is 140. The molecule has 7 heavy (non-hydrogen) atoms. The van der Waals surface area contributed by atoms with E-state index in [2.05, 4.69) is 9.02 Å². The zero-order valence-electron chi connectivity index (χ0n) is 3.22. The summed E-state index contributed by atoms with van der Waals surface area (Å²) in [6.45, 7) is 0. The molecule has 0 radical (unpaired) electrons. The molecule has 0 fully saturated rings. The number of halogens is 1. The largest absolute Gasteiger partial charge is 0.301 e. The van der Waals surface area contributed by atoms with Gasteiger partial charge in [-0.3, -0.25) is 0 Å². The SMILES string of the molecule is Cln1[pH]np[nH][pH]1. The quantitative estimate of drug-likeness (QED) is 0.639. The molecule has 0 saturated carbocycles. The second-order valence-electron chi connectivity index (χ2n) is 0.804. The van der Waals surface area contributed by atoms with Crippen LogP contribution in [0.4, 0.5) is 0 Å². The fourth-order valence-corrected chi connectivity index (χ4v) is 3.55. The van der Waals surface area contributed by atoms with Crippen LogP contribution in [0.2, 0.25) is 0 Å². The van der Waals surface area contributed by atoms with Crippen LogP contribution in [0.3, 0.4) is 0 Å². The van der Waals surface area contributed by atoms with Crippen molar-refractivity contribution >= 4 is 37.3 Å². The first-order valence-corrected chi connectivity index (χ1v) is 4.54. The van der Waals surface area contributed by atoms with E-state index in [1.807, 2.05) is 0 Å². The average Bonchev–Trinajstić information content (AvgIpc) is 1.69. The van der Waals surface area contributed by atoms with E-state index in [0.29, 0.717) is 17.0 Å². The van der Waals surface area contributed by atoms with Gasteiger partial charge in [-0.2, -0.15) is 4.51 Å². The summed E-state index contributed by atoms with van der Waals surface area (Å²) in [4.78, 5) is 0. The van der Waals surface area contributed by atoms with Crippen LogP contribution >= 0.6 is 37.3 Å². The van der Waals surface area contributed by atoms with Crippen molar-refractivity contribution < 1.29 is 0 Å². The molecule has 0 spiro atoms. The molecule has 0 aliphatic heterocycles. The van der Waals surface area contributed by atoms with Gasteiger partial charge in [0, 0.05) is 20.3 Å². The van der Waals surface area contributed by atoms with Crippen LogP contribution in [0.5, 0.6) is 0 Å². The Kier molecular flexibility index (Phi) is 2.28. The van der Waals surface area contributed by atoms with Gasteiger partial charge in [0.2, 0.25) is 0 Å². The van der Waals surface area contributed by atoms with Crippen LogP contribution in [0.25, 0.3) is 0 Å². The Morgan fingerprint density at radius 2 is 2.71 bits per heavy atom. The molecular weight excluding hydrogens is 170 g/mol. The number of nitrogens with one attached hydrogen (secondary N) is 1. The van der Waals surface area contributed by atoms with Crippen LogP contribution in [-0.2, 0) is 0 Å². The van der Waals surface area contributed by atoms with E-state index in [4.69, 9.17) is 11.8 Å². The first kappa shape index (κ1) is 5.72. The predicted molar refractivity (Wildman–Crippen MR) is 37.0 cm³/mol. The summed E-state index contributed by atoms with van der Waals surface area (Å²) < 4.78 is 8.55. The topological polar surface area (TPSA) is 33.6 Å². The molecule has 7 heteroatoms. The molecular formula is H3ClN3P3. The first-order valence-electron chi connectivity index (χ1n) is 1.51. The van der Waals surface area contributed by atoms with Crippen molar-refractivity contribution in [1.29, 1.82) is 0 Å². The molecule has 2 atom stereocenters. The van der Waals surface area contributed by atoms with E-state index in [1.54, 1.807) is 3.61 Å². The van der Waals surface area contributed by atoms with Gasteiger partial charge in [0.05, 0.1) is 8.51 Å². The minimum atomic E-state index is 0.437. The lowest BCUT2D eigenvalue weighted by atomic mass is 13.8. The van der Waals surface area contributed by atoms with Crippen LogP contribution in [0, 0.1) is 0 Å². The molecule has 40 valence electrons. The van der Waals surface area contributed by atoms with Crippen molar-refractivity contribution in [3.63, 3.8) is 0 Å². The lowest BCUT2D eigenvalue weighted by Crippen LogP contribution is -1.61. The summed E-state index contributed by atoms with van der Waals surface area (Å²) >= 11 is 5.51. The maximum absolute atomic E-state index is 5.51. The monoisotopic (exact) mass is 173 g/mol. The number of hydrogen-bond donors (Lipinski definition) is 1. The van der Waals surface area contributed by atoms with E-state index >= 15 is 0 Å². The van der Waals surface area contributed by atoms with Crippen LogP contribution in [0.1, 0.15) is 0 Å². The van der Waals surface area contributed by atoms with Gasteiger partial charge in [-0.05, 0) is 0 Å².